The normalized spacial score (nSPS) is 13.1. The minimum absolute atomic E-state index is 0.138. The molecule has 0 heterocycles. The van der Waals surface area contributed by atoms with Crippen molar-refractivity contribution in [3.8, 4) is 0 Å². The second-order valence-electron chi connectivity index (χ2n) is 6.71. The van der Waals surface area contributed by atoms with E-state index in [9.17, 15) is 20.0 Å². The molecule has 26 heavy (non-hydrogen) atoms. The number of nitrogens with zero attached hydrogens (tertiary/aromatic N) is 2. The van der Waals surface area contributed by atoms with E-state index in [0.29, 0.717) is 24.2 Å². The maximum Gasteiger partial charge on any atom is 0.293 e. The van der Waals surface area contributed by atoms with Crippen molar-refractivity contribution >= 4 is 17.2 Å². The number of Topliss-reactive ketones (excluding diaryl/α,β-unsaturated/α-hetero) is 1. The summed E-state index contributed by atoms with van der Waals surface area (Å²) in [5.41, 5.74) is 0.520. The minimum Gasteiger partial charge on any atom is -0.388 e. The summed E-state index contributed by atoms with van der Waals surface area (Å²) < 4.78 is 0. The Balaban J connectivity index is 2.50. The molecular formula is C20H24N2O4. The SMILES string of the molecule is CC[C@](C)(O)CN(Cc1ccccc1)c1ccc(C(C)=O)cc1[N+](=O)[O-]. The molecule has 0 fully saturated rings. The molecule has 2 aromatic rings. The molecule has 1 N–H and O–H groups in total. The van der Waals surface area contributed by atoms with Crippen LogP contribution in [0.5, 0.6) is 0 Å². The Morgan fingerprint density at radius 3 is 2.42 bits per heavy atom. The van der Waals surface area contributed by atoms with Crippen molar-refractivity contribution in [2.75, 3.05) is 11.4 Å². The van der Waals surface area contributed by atoms with E-state index in [1.807, 2.05) is 37.3 Å². The van der Waals surface area contributed by atoms with Crippen LogP contribution in [0.1, 0.15) is 43.1 Å². The second-order valence-corrected chi connectivity index (χ2v) is 6.71. The van der Waals surface area contributed by atoms with Crippen LogP contribution < -0.4 is 4.90 Å². The van der Waals surface area contributed by atoms with Crippen molar-refractivity contribution in [3.05, 3.63) is 69.8 Å². The molecule has 6 nitrogen and oxygen atoms in total. The zero-order valence-corrected chi connectivity index (χ0v) is 15.3. The largest absolute Gasteiger partial charge is 0.388 e. The number of hydrogen-bond acceptors (Lipinski definition) is 5. The van der Waals surface area contributed by atoms with Crippen LogP contribution in [0, 0.1) is 10.1 Å². The lowest BCUT2D eigenvalue weighted by Gasteiger charge is -2.32. The lowest BCUT2D eigenvalue weighted by molar-refractivity contribution is -0.384. The van der Waals surface area contributed by atoms with E-state index in [2.05, 4.69) is 0 Å². The van der Waals surface area contributed by atoms with Crippen LogP contribution in [-0.2, 0) is 6.54 Å². The predicted octanol–water partition coefficient (Wildman–Crippen LogP) is 3.97. The predicted molar refractivity (Wildman–Crippen MR) is 102 cm³/mol. The van der Waals surface area contributed by atoms with Crippen molar-refractivity contribution in [3.63, 3.8) is 0 Å². The Morgan fingerprint density at radius 2 is 1.88 bits per heavy atom. The standard InChI is InChI=1S/C20H24N2O4/c1-4-20(3,24)14-21(13-16-8-6-5-7-9-16)18-11-10-17(15(2)23)12-19(18)22(25)26/h5-12,24H,4,13-14H2,1-3H3/t20-/m0/s1. The average molecular weight is 356 g/mol. The molecule has 0 radical (unpaired) electrons. The van der Waals surface area contributed by atoms with Gasteiger partial charge in [0.25, 0.3) is 5.69 Å². The van der Waals surface area contributed by atoms with Crippen LogP contribution in [0.15, 0.2) is 48.5 Å². The third kappa shape index (κ3) is 4.89. The smallest absolute Gasteiger partial charge is 0.293 e. The molecule has 2 aromatic carbocycles. The Bertz CT molecular complexity index is 788. The van der Waals surface area contributed by atoms with Gasteiger partial charge in [-0.25, -0.2) is 0 Å². The summed E-state index contributed by atoms with van der Waals surface area (Å²) in [6.07, 6.45) is 0.512. The number of rotatable bonds is 8. The molecule has 138 valence electrons. The number of nitro groups is 1. The van der Waals surface area contributed by atoms with E-state index in [1.165, 1.54) is 13.0 Å². The minimum atomic E-state index is -0.998. The average Bonchev–Trinajstić information content (AvgIpc) is 2.61. The number of hydrogen-bond donors (Lipinski definition) is 1. The molecule has 0 aliphatic heterocycles. The number of ketones is 1. The number of aliphatic hydroxyl groups is 1. The second kappa shape index (κ2) is 8.10. The van der Waals surface area contributed by atoms with Crippen molar-refractivity contribution in [2.45, 2.75) is 39.3 Å². The molecule has 0 saturated heterocycles. The van der Waals surface area contributed by atoms with Gasteiger partial charge in [-0.15, -0.1) is 0 Å². The highest BCUT2D eigenvalue weighted by Crippen LogP contribution is 2.32. The third-order valence-corrected chi connectivity index (χ3v) is 4.43. The summed E-state index contributed by atoms with van der Waals surface area (Å²) in [5, 5.41) is 22.1. The van der Waals surface area contributed by atoms with E-state index >= 15 is 0 Å². The van der Waals surface area contributed by atoms with Gasteiger partial charge in [-0.2, -0.15) is 0 Å². The molecule has 0 saturated carbocycles. The summed E-state index contributed by atoms with van der Waals surface area (Å²) in [5.74, 6) is -0.227. The Hall–Kier alpha value is -2.73. The maximum absolute atomic E-state index is 11.6. The maximum atomic E-state index is 11.6. The van der Waals surface area contributed by atoms with E-state index in [1.54, 1.807) is 24.0 Å². The summed E-state index contributed by atoms with van der Waals surface area (Å²) in [7, 11) is 0. The monoisotopic (exact) mass is 356 g/mol. The quantitative estimate of drug-likeness (QED) is 0.440. The molecule has 6 heteroatoms. The Morgan fingerprint density at radius 1 is 1.23 bits per heavy atom. The van der Waals surface area contributed by atoms with Gasteiger partial charge in [0.2, 0.25) is 0 Å². The Kier molecular flexibility index (Phi) is 6.10. The van der Waals surface area contributed by atoms with Gasteiger partial charge in [0.15, 0.2) is 5.78 Å². The van der Waals surface area contributed by atoms with Gasteiger partial charge in [-0.1, -0.05) is 37.3 Å². The van der Waals surface area contributed by atoms with Crippen molar-refractivity contribution < 1.29 is 14.8 Å². The van der Waals surface area contributed by atoms with Crippen LogP contribution in [0.25, 0.3) is 0 Å². The van der Waals surface area contributed by atoms with Gasteiger partial charge >= 0.3 is 0 Å². The van der Waals surface area contributed by atoms with Gasteiger partial charge in [-0.05, 0) is 38.0 Å². The highest BCUT2D eigenvalue weighted by molar-refractivity contribution is 5.95. The van der Waals surface area contributed by atoms with Crippen LogP contribution in [0.2, 0.25) is 0 Å². The van der Waals surface area contributed by atoms with Crippen molar-refractivity contribution in [1.82, 2.24) is 0 Å². The molecule has 0 bridgehead atoms. The third-order valence-electron chi connectivity index (χ3n) is 4.43. The molecule has 1 atom stereocenters. The molecule has 0 aromatic heterocycles. The zero-order valence-electron chi connectivity index (χ0n) is 15.3. The molecule has 0 spiro atoms. The molecule has 0 amide bonds. The highest BCUT2D eigenvalue weighted by atomic mass is 16.6. The summed E-state index contributed by atoms with van der Waals surface area (Å²) in [6.45, 7) is 5.60. The van der Waals surface area contributed by atoms with Gasteiger partial charge in [0.1, 0.15) is 5.69 Å². The van der Waals surface area contributed by atoms with E-state index in [0.717, 1.165) is 5.56 Å². The number of anilines is 1. The Labute approximate surface area is 153 Å². The molecule has 0 unspecified atom stereocenters. The van der Waals surface area contributed by atoms with Crippen LogP contribution in [0.4, 0.5) is 11.4 Å². The number of benzene rings is 2. The molecule has 0 aliphatic carbocycles. The number of carbonyl (C=O) groups is 1. The number of carbonyl (C=O) groups excluding carboxylic acids is 1. The zero-order chi connectivity index (χ0) is 19.3. The lowest BCUT2D eigenvalue weighted by Crippen LogP contribution is -2.40. The van der Waals surface area contributed by atoms with Crippen LogP contribution in [0.3, 0.4) is 0 Å². The lowest BCUT2D eigenvalue weighted by atomic mass is 10.0. The van der Waals surface area contributed by atoms with Crippen LogP contribution in [-0.4, -0.2) is 28.0 Å². The van der Waals surface area contributed by atoms with Gasteiger partial charge in [-0.3, -0.25) is 14.9 Å². The fourth-order valence-corrected chi connectivity index (χ4v) is 2.71. The molecular weight excluding hydrogens is 332 g/mol. The van der Waals surface area contributed by atoms with Crippen molar-refractivity contribution in [2.24, 2.45) is 0 Å². The first kappa shape index (κ1) is 19.6. The van der Waals surface area contributed by atoms with Crippen LogP contribution >= 0.6 is 0 Å². The summed E-state index contributed by atoms with van der Waals surface area (Å²) in [6, 6.07) is 14.0. The summed E-state index contributed by atoms with van der Waals surface area (Å²) >= 11 is 0. The first-order chi connectivity index (χ1) is 12.2. The number of nitro benzene ring substituents is 1. The topological polar surface area (TPSA) is 83.7 Å². The van der Waals surface area contributed by atoms with E-state index in [-0.39, 0.29) is 18.0 Å². The van der Waals surface area contributed by atoms with Gasteiger partial charge in [0.05, 0.1) is 10.5 Å². The molecule has 0 aliphatic rings. The van der Waals surface area contributed by atoms with Gasteiger partial charge < -0.3 is 10.0 Å². The fraction of sp³-hybridized carbons (Fsp3) is 0.350. The molecule has 2 rings (SSSR count). The van der Waals surface area contributed by atoms with E-state index < -0.39 is 10.5 Å². The first-order valence-electron chi connectivity index (χ1n) is 8.54. The summed E-state index contributed by atoms with van der Waals surface area (Å²) in [4.78, 5) is 24.5. The fourth-order valence-electron chi connectivity index (χ4n) is 2.71. The van der Waals surface area contributed by atoms with E-state index in [4.69, 9.17) is 0 Å². The van der Waals surface area contributed by atoms with Gasteiger partial charge in [0, 0.05) is 24.7 Å². The highest BCUT2D eigenvalue weighted by Gasteiger charge is 2.27. The first-order valence-corrected chi connectivity index (χ1v) is 8.54. The van der Waals surface area contributed by atoms with Crippen molar-refractivity contribution in [1.29, 1.82) is 0 Å².